The molecule has 0 radical (unpaired) electrons. The van der Waals surface area contributed by atoms with E-state index in [1.807, 2.05) is 6.08 Å². The summed E-state index contributed by atoms with van der Waals surface area (Å²) in [5, 5.41) is 3.48. The Labute approximate surface area is 88.7 Å². The maximum atomic E-state index is 11.8. The van der Waals surface area contributed by atoms with Gasteiger partial charge >= 0.3 is 0 Å². The van der Waals surface area contributed by atoms with Gasteiger partial charge in [-0.1, -0.05) is 12.2 Å². The number of piperidine rings is 1. The highest BCUT2D eigenvalue weighted by molar-refractivity contribution is 6.00. The van der Waals surface area contributed by atoms with E-state index < -0.39 is 0 Å². The van der Waals surface area contributed by atoms with E-state index in [2.05, 4.69) is 17.5 Å². The van der Waals surface area contributed by atoms with Crippen LogP contribution in [-0.4, -0.2) is 12.3 Å². The first-order valence-corrected chi connectivity index (χ1v) is 5.68. The van der Waals surface area contributed by atoms with Gasteiger partial charge in [0, 0.05) is 29.7 Å². The number of Topliss-reactive ketones (excluding diaryl/α,β-unsaturated/α-hetero) is 1. The van der Waals surface area contributed by atoms with Gasteiger partial charge in [0.05, 0.1) is 0 Å². The second-order valence-corrected chi connectivity index (χ2v) is 5.14. The Balaban J connectivity index is 1.86. The maximum absolute atomic E-state index is 11.8. The molecule has 2 atom stereocenters. The van der Waals surface area contributed by atoms with Crippen molar-refractivity contribution >= 4 is 5.78 Å². The predicted molar refractivity (Wildman–Crippen MR) is 57.0 cm³/mol. The van der Waals surface area contributed by atoms with Crippen LogP contribution in [0.2, 0.25) is 0 Å². The first kappa shape index (κ1) is 7.91. The van der Waals surface area contributed by atoms with Gasteiger partial charge in [-0.2, -0.15) is 0 Å². The molecule has 1 saturated carbocycles. The normalized spacial score (nSPS) is 40.4. The Bertz CT molecular complexity index is 469. The molecule has 4 rings (SSSR count). The fourth-order valence-electron chi connectivity index (χ4n) is 3.38. The first-order valence-electron chi connectivity index (χ1n) is 5.68. The molecule has 1 heterocycles. The number of rotatable bonds is 0. The summed E-state index contributed by atoms with van der Waals surface area (Å²) >= 11 is 0. The van der Waals surface area contributed by atoms with E-state index in [0.29, 0.717) is 17.6 Å². The Hall–Kier alpha value is -1.31. The van der Waals surface area contributed by atoms with Crippen molar-refractivity contribution in [2.45, 2.75) is 19.3 Å². The number of allylic oxidation sites excluding steroid dienone is 6. The summed E-state index contributed by atoms with van der Waals surface area (Å²) in [5.41, 5.74) is 4.00. The Morgan fingerprint density at radius 2 is 2.40 bits per heavy atom. The van der Waals surface area contributed by atoms with Gasteiger partial charge in [0.1, 0.15) is 0 Å². The molecule has 3 aliphatic carbocycles. The third kappa shape index (κ3) is 0.834. The van der Waals surface area contributed by atoms with Crippen LogP contribution in [0.5, 0.6) is 0 Å². The van der Waals surface area contributed by atoms with Crippen LogP contribution in [0.1, 0.15) is 19.3 Å². The summed E-state index contributed by atoms with van der Waals surface area (Å²) in [5.74, 6) is 1.14. The van der Waals surface area contributed by atoms with E-state index in [1.165, 1.54) is 12.1 Å². The molecule has 1 saturated heterocycles. The van der Waals surface area contributed by atoms with Crippen molar-refractivity contribution < 1.29 is 4.79 Å². The predicted octanol–water partition coefficient (Wildman–Crippen LogP) is 1.71. The van der Waals surface area contributed by atoms with Crippen LogP contribution in [-0.2, 0) is 4.79 Å². The van der Waals surface area contributed by atoms with E-state index in [9.17, 15) is 4.79 Å². The molecule has 1 aliphatic heterocycles. The maximum Gasteiger partial charge on any atom is 0.163 e. The summed E-state index contributed by atoms with van der Waals surface area (Å²) in [7, 11) is 0. The summed E-state index contributed by atoms with van der Waals surface area (Å²) in [6.45, 7) is 1.12. The van der Waals surface area contributed by atoms with E-state index in [4.69, 9.17) is 0 Å². The van der Waals surface area contributed by atoms with Crippen LogP contribution >= 0.6 is 0 Å². The van der Waals surface area contributed by atoms with Gasteiger partial charge in [0.15, 0.2) is 5.78 Å². The minimum absolute atomic E-state index is 0.342. The lowest BCUT2D eigenvalue weighted by molar-refractivity contribution is -0.115. The monoisotopic (exact) mass is 199 g/mol. The quantitative estimate of drug-likeness (QED) is 0.643. The van der Waals surface area contributed by atoms with Crippen LogP contribution in [0, 0.1) is 11.3 Å². The summed E-state index contributed by atoms with van der Waals surface area (Å²) in [6.07, 6.45) is 9.19. The molecule has 2 fully saturated rings. The zero-order chi connectivity index (χ0) is 10.0. The van der Waals surface area contributed by atoms with E-state index >= 15 is 0 Å². The minimum atomic E-state index is 0.342. The first-order chi connectivity index (χ1) is 7.29. The number of nitrogens with one attached hydrogen (secondary N) is 1. The average Bonchev–Trinajstić information content (AvgIpc) is 2.82. The molecule has 0 bridgehead atoms. The standard InChI is InChI=1S/C13H13NO/c15-11-3-1-2-8-4-12-13(6-10(8)11)5-9(13)7-14-12/h1-2,4,9,14H,3,5-7H2. The van der Waals surface area contributed by atoms with Crippen LogP contribution in [0.25, 0.3) is 0 Å². The number of ketones is 1. The highest BCUT2D eigenvalue weighted by Crippen LogP contribution is 2.65. The van der Waals surface area contributed by atoms with Gasteiger partial charge in [0.2, 0.25) is 0 Å². The highest BCUT2D eigenvalue weighted by Gasteiger charge is 2.61. The molecule has 0 aromatic carbocycles. The summed E-state index contributed by atoms with van der Waals surface area (Å²) < 4.78 is 0. The molecule has 0 amide bonds. The number of hydrogen-bond acceptors (Lipinski definition) is 2. The van der Waals surface area contributed by atoms with Crippen molar-refractivity contribution in [3.05, 3.63) is 35.1 Å². The van der Waals surface area contributed by atoms with E-state index in [1.54, 1.807) is 0 Å². The van der Waals surface area contributed by atoms with Gasteiger partial charge in [-0.3, -0.25) is 4.79 Å². The molecular formula is C13H13NO. The molecule has 0 aromatic heterocycles. The molecule has 2 heteroatoms. The van der Waals surface area contributed by atoms with E-state index in [0.717, 1.165) is 30.0 Å². The lowest BCUT2D eigenvalue weighted by atomic mass is 9.80. The Morgan fingerprint density at radius 1 is 1.47 bits per heavy atom. The molecule has 4 aliphatic rings. The van der Waals surface area contributed by atoms with Crippen molar-refractivity contribution in [2.75, 3.05) is 6.54 Å². The summed E-state index contributed by atoms with van der Waals surface area (Å²) in [6, 6.07) is 0. The molecule has 1 N–H and O–H groups in total. The lowest BCUT2D eigenvalue weighted by Gasteiger charge is -2.25. The summed E-state index contributed by atoms with van der Waals surface area (Å²) in [4.78, 5) is 11.8. The van der Waals surface area contributed by atoms with Crippen molar-refractivity contribution in [1.29, 1.82) is 0 Å². The smallest absolute Gasteiger partial charge is 0.163 e. The van der Waals surface area contributed by atoms with E-state index in [-0.39, 0.29) is 0 Å². The fraction of sp³-hybridized carbons (Fsp3) is 0.462. The fourth-order valence-corrected chi connectivity index (χ4v) is 3.38. The van der Waals surface area contributed by atoms with Gasteiger partial charge in [0.25, 0.3) is 0 Å². The molecule has 0 aromatic rings. The number of carbonyl (C=O) groups is 1. The molecule has 76 valence electrons. The van der Waals surface area contributed by atoms with Crippen molar-refractivity contribution in [1.82, 2.24) is 5.32 Å². The third-order valence-corrected chi connectivity index (χ3v) is 4.39. The molecule has 1 spiro atoms. The van der Waals surface area contributed by atoms with Crippen molar-refractivity contribution in [3.8, 4) is 0 Å². The second-order valence-electron chi connectivity index (χ2n) is 5.14. The highest BCUT2D eigenvalue weighted by atomic mass is 16.1. The Morgan fingerprint density at radius 3 is 3.27 bits per heavy atom. The zero-order valence-corrected chi connectivity index (χ0v) is 8.55. The molecule has 2 unspecified atom stereocenters. The van der Waals surface area contributed by atoms with Gasteiger partial charge in [-0.25, -0.2) is 0 Å². The number of hydrogen-bond donors (Lipinski definition) is 1. The topological polar surface area (TPSA) is 29.1 Å². The minimum Gasteiger partial charge on any atom is -0.388 e. The largest absolute Gasteiger partial charge is 0.388 e. The van der Waals surface area contributed by atoms with Gasteiger partial charge in [-0.15, -0.1) is 0 Å². The average molecular weight is 199 g/mol. The molecular weight excluding hydrogens is 186 g/mol. The number of carbonyl (C=O) groups excluding carboxylic acids is 1. The van der Waals surface area contributed by atoms with Crippen LogP contribution in [0.4, 0.5) is 0 Å². The van der Waals surface area contributed by atoms with Crippen molar-refractivity contribution in [3.63, 3.8) is 0 Å². The lowest BCUT2D eigenvalue weighted by Crippen LogP contribution is -2.22. The van der Waals surface area contributed by atoms with Crippen LogP contribution < -0.4 is 5.32 Å². The Kier molecular flexibility index (Phi) is 1.19. The zero-order valence-electron chi connectivity index (χ0n) is 8.55. The molecule has 2 nitrogen and oxygen atoms in total. The van der Waals surface area contributed by atoms with Gasteiger partial charge in [-0.05, 0) is 30.4 Å². The van der Waals surface area contributed by atoms with Crippen LogP contribution in [0.15, 0.2) is 35.1 Å². The van der Waals surface area contributed by atoms with Crippen LogP contribution in [0.3, 0.4) is 0 Å². The van der Waals surface area contributed by atoms with Crippen molar-refractivity contribution in [2.24, 2.45) is 11.3 Å². The molecule has 15 heavy (non-hydrogen) atoms. The SMILES string of the molecule is O=C1CC=CC2=C1CC13CC1CNC3=C2. The second kappa shape index (κ2) is 2.26. The third-order valence-electron chi connectivity index (χ3n) is 4.39. The van der Waals surface area contributed by atoms with Gasteiger partial charge < -0.3 is 5.32 Å².